The number of nitrogens with one attached hydrogen (secondary N) is 1. The molecule has 0 radical (unpaired) electrons. The standard InChI is InChI=1S/C29H27N3O3S/c1-20-8-12-23(13-9-20)32-28(34)26(18-22-10-14-24(35-2)15-11-22)36-29(32)25(19-30)27(33)31-17-16-21-6-4-3-5-7-21/h3-15,26H,16-18H2,1-2H3,(H,31,33)/b29-25+/t26-/m1/s1. The Morgan fingerprint density at radius 3 is 2.36 bits per heavy atom. The van der Waals surface area contributed by atoms with Crippen LogP contribution in [0, 0.1) is 18.3 Å². The number of methoxy groups -OCH3 is 1. The van der Waals surface area contributed by atoms with Crippen molar-refractivity contribution in [2.45, 2.75) is 25.0 Å². The largest absolute Gasteiger partial charge is 0.497 e. The van der Waals surface area contributed by atoms with Crippen molar-refractivity contribution in [3.05, 3.63) is 106 Å². The van der Waals surface area contributed by atoms with Crippen molar-refractivity contribution in [2.75, 3.05) is 18.6 Å². The average Bonchev–Trinajstić information content (AvgIpc) is 3.21. The van der Waals surface area contributed by atoms with Crippen LogP contribution in [0.25, 0.3) is 0 Å². The van der Waals surface area contributed by atoms with Gasteiger partial charge in [0.15, 0.2) is 0 Å². The van der Waals surface area contributed by atoms with E-state index in [0.717, 1.165) is 22.4 Å². The van der Waals surface area contributed by atoms with E-state index < -0.39 is 11.2 Å². The number of nitrogens with zero attached hydrogens (tertiary/aromatic N) is 2. The molecule has 1 saturated heterocycles. The monoisotopic (exact) mass is 497 g/mol. The zero-order valence-electron chi connectivity index (χ0n) is 20.2. The van der Waals surface area contributed by atoms with Gasteiger partial charge in [-0.2, -0.15) is 5.26 Å². The molecule has 1 heterocycles. The van der Waals surface area contributed by atoms with Crippen LogP contribution in [-0.2, 0) is 22.4 Å². The summed E-state index contributed by atoms with van der Waals surface area (Å²) in [5.74, 6) is 0.107. The lowest BCUT2D eigenvalue weighted by molar-refractivity contribution is -0.117. The number of benzene rings is 3. The third-order valence-electron chi connectivity index (χ3n) is 5.92. The molecular formula is C29H27N3O3S. The molecule has 1 aliphatic rings. The van der Waals surface area contributed by atoms with Crippen molar-refractivity contribution in [1.29, 1.82) is 5.26 Å². The van der Waals surface area contributed by atoms with Crippen molar-refractivity contribution >= 4 is 29.3 Å². The Morgan fingerprint density at radius 2 is 1.72 bits per heavy atom. The van der Waals surface area contributed by atoms with E-state index in [9.17, 15) is 14.9 Å². The summed E-state index contributed by atoms with van der Waals surface area (Å²) < 4.78 is 5.23. The molecule has 6 nitrogen and oxygen atoms in total. The molecule has 3 aromatic carbocycles. The minimum atomic E-state index is -0.481. The van der Waals surface area contributed by atoms with Gasteiger partial charge in [-0.05, 0) is 55.2 Å². The van der Waals surface area contributed by atoms with E-state index >= 15 is 0 Å². The number of ether oxygens (including phenoxy) is 1. The first-order valence-corrected chi connectivity index (χ1v) is 12.5. The second-order valence-electron chi connectivity index (χ2n) is 8.45. The van der Waals surface area contributed by atoms with Gasteiger partial charge in [0.1, 0.15) is 22.4 Å². The lowest BCUT2D eigenvalue weighted by Crippen LogP contribution is -2.32. The third-order valence-corrected chi connectivity index (χ3v) is 7.18. The maximum absolute atomic E-state index is 13.6. The van der Waals surface area contributed by atoms with Gasteiger partial charge in [0.2, 0.25) is 5.91 Å². The molecule has 4 rings (SSSR count). The van der Waals surface area contributed by atoms with Crippen LogP contribution in [0.5, 0.6) is 5.75 Å². The smallest absolute Gasteiger partial charge is 0.264 e. The molecule has 7 heteroatoms. The Balaban J connectivity index is 1.60. The Kier molecular flexibility index (Phi) is 8.09. The Labute approximate surface area is 215 Å². The van der Waals surface area contributed by atoms with E-state index in [1.165, 1.54) is 16.7 Å². The molecule has 0 spiro atoms. The van der Waals surface area contributed by atoms with E-state index in [4.69, 9.17) is 4.74 Å². The first kappa shape index (κ1) is 25.1. The minimum absolute atomic E-state index is 0.0563. The van der Waals surface area contributed by atoms with Gasteiger partial charge < -0.3 is 10.1 Å². The van der Waals surface area contributed by atoms with Crippen LogP contribution in [0.15, 0.2) is 89.5 Å². The van der Waals surface area contributed by atoms with Crippen LogP contribution >= 0.6 is 11.8 Å². The number of rotatable bonds is 8. The highest BCUT2D eigenvalue weighted by Crippen LogP contribution is 2.42. The van der Waals surface area contributed by atoms with Gasteiger partial charge in [0, 0.05) is 12.2 Å². The maximum Gasteiger partial charge on any atom is 0.264 e. The molecule has 2 amide bonds. The Bertz CT molecular complexity index is 1300. The minimum Gasteiger partial charge on any atom is -0.497 e. The van der Waals surface area contributed by atoms with Crippen molar-refractivity contribution in [3.8, 4) is 11.8 Å². The van der Waals surface area contributed by atoms with Gasteiger partial charge in [-0.25, -0.2) is 0 Å². The van der Waals surface area contributed by atoms with Gasteiger partial charge in [-0.15, -0.1) is 0 Å². The molecule has 36 heavy (non-hydrogen) atoms. The summed E-state index contributed by atoms with van der Waals surface area (Å²) in [6.07, 6.45) is 1.11. The number of hydrogen-bond acceptors (Lipinski definition) is 5. The normalized spacial score (nSPS) is 16.4. The van der Waals surface area contributed by atoms with Gasteiger partial charge in [0.25, 0.3) is 5.91 Å². The summed E-state index contributed by atoms with van der Waals surface area (Å²) in [5.41, 5.74) is 3.69. The van der Waals surface area contributed by atoms with Crippen molar-refractivity contribution in [3.63, 3.8) is 0 Å². The van der Waals surface area contributed by atoms with E-state index in [0.29, 0.717) is 30.1 Å². The molecular weight excluding hydrogens is 470 g/mol. The summed E-state index contributed by atoms with van der Waals surface area (Å²) in [6, 6.07) is 26.9. The molecule has 1 N–H and O–H groups in total. The molecule has 3 aromatic rings. The highest BCUT2D eigenvalue weighted by molar-refractivity contribution is 8.05. The molecule has 0 aromatic heterocycles. The van der Waals surface area contributed by atoms with Crippen LogP contribution in [0.3, 0.4) is 0 Å². The lowest BCUT2D eigenvalue weighted by atomic mass is 10.1. The van der Waals surface area contributed by atoms with E-state index in [1.807, 2.05) is 85.8 Å². The van der Waals surface area contributed by atoms with Gasteiger partial charge in [0.05, 0.1) is 12.4 Å². The molecule has 0 aliphatic carbocycles. The third kappa shape index (κ3) is 5.78. The molecule has 0 unspecified atom stereocenters. The van der Waals surface area contributed by atoms with Gasteiger partial charge in [-0.1, -0.05) is 71.9 Å². The summed E-state index contributed by atoms with van der Waals surface area (Å²) in [4.78, 5) is 28.2. The Hall–Kier alpha value is -4.02. The molecule has 0 bridgehead atoms. The number of carbonyl (C=O) groups excluding carboxylic acids is 2. The predicted molar refractivity (Wildman–Crippen MR) is 143 cm³/mol. The average molecular weight is 498 g/mol. The lowest BCUT2D eigenvalue weighted by Gasteiger charge is -2.19. The number of hydrogen-bond donors (Lipinski definition) is 1. The molecule has 182 valence electrons. The van der Waals surface area contributed by atoms with E-state index in [1.54, 1.807) is 7.11 Å². The van der Waals surface area contributed by atoms with E-state index in [2.05, 4.69) is 11.4 Å². The number of nitriles is 1. The zero-order valence-corrected chi connectivity index (χ0v) is 21.0. The molecule has 1 atom stereocenters. The molecule has 0 saturated carbocycles. The fourth-order valence-corrected chi connectivity index (χ4v) is 5.25. The molecule has 1 fully saturated rings. The van der Waals surface area contributed by atoms with Crippen LogP contribution < -0.4 is 15.0 Å². The zero-order chi connectivity index (χ0) is 25.5. The van der Waals surface area contributed by atoms with Gasteiger partial charge in [-0.3, -0.25) is 14.5 Å². The summed E-state index contributed by atoms with van der Waals surface area (Å²) in [6.45, 7) is 2.36. The van der Waals surface area contributed by atoms with Crippen molar-refractivity contribution < 1.29 is 14.3 Å². The number of aryl methyl sites for hydroxylation is 1. The number of carbonyl (C=O) groups is 2. The highest BCUT2D eigenvalue weighted by Gasteiger charge is 2.40. The summed E-state index contributed by atoms with van der Waals surface area (Å²) in [7, 11) is 1.61. The number of anilines is 1. The second kappa shape index (κ2) is 11.6. The quantitative estimate of drug-likeness (QED) is 0.358. The maximum atomic E-state index is 13.6. The first-order valence-electron chi connectivity index (χ1n) is 11.7. The van der Waals surface area contributed by atoms with Crippen LogP contribution in [0.4, 0.5) is 5.69 Å². The fraction of sp³-hybridized carbons (Fsp3) is 0.207. The molecule has 1 aliphatic heterocycles. The van der Waals surface area contributed by atoms with Crippen LogP contribution in [0.2, 0.25) is 0 Å². The van der Waals surface area contributed by atoms with E-state index in [-0.39, 0.29) is 11.5 Å². The van der Waals surface area contributed by atoms with Gasteiger partial charge >= 0.3 is 0 Å². The van der Waals surface area contributed by atoms with Crippen LogP contribution in [-0.4, -0.2) is 30.7 Å². The Morgan fingerprint density at radius 1 is 1.03 bits per heavy atom. The summed E-state index contributed by atoms with van der Waals surface area (Å²) in [5, 5.41) is 12.7. The van der Waals surface area contributed by atoms with Crippen LogP contribution in [0.1, 0.15) is 16.7 Å². The predicted octanol–water partition coefficient (Wildman–Crippen LogP) is 4.79. The SMILES string of the molecule is COc1ccc(C[C@H]2S/C(=C(\C#N)C(=O)NCCc3ccccc3)N(c3ccc(C)cc3)C2=O)cc1. The first-order chi connectivity index (χ1) is 17.5. The number of thioether (sulfide) groups is 1. The summed E-state index contributed by atoms with van der Waals surface area (Å²) >= 11 is 1.26. The highest BCUT2D eigenvalue weighted by atomic mass is 32.2. The topological polar surface area (TPSA) is 82.4 Å². The van der Waals surface area contributed by atoms with Crippen molar-refractivity contribution in [1.82, 2.24) is 5.32 Å². The second-order valence-corrected chi connectivity index (χ2v) is 9.64. The fourth-order valence-electron chi connectivity index (χ4n) is 3.94. The number of amides is 2. The van der Waals surface area contributed by atoms with Crippen molar-refractivity contribution in [2.24, 2.45) is 0 Å².